The highest BCUT2D eigenvalue weighted by molar-refractivity contribution is 6.22. The highest BCUT2D eigenvalue weighted by Crippen LogP contribution is 2.51. The first-order valence-electron chi connectivity index (χ1n) is 13.8. The second kappa shape index (κ2) is 11.1. The van der Waals surface area contributed by atoms with Gasteiger partial charge in [-0.05, 0) is 61.4 Å². The van der Waals surface area contributed by atoms with E-state index >= 15 is 0 Å². The number of amides is 2. The van der Waals surface area contributed by atoms with Crippen molar-refractivity contribution < 1.29 is 24.4 Å². The molecule has 1 aliphatic carbocycles. The number of carbonyl (C=O) groups is 2. The number of carbonyl (C=O) groups excluding carboxylic acids is 2. The minimum absolute atomic E-state index is 0.0965. The molecule has 5 rings (SSSR count). The molecule has 4 atom stereocenters. The summed E-state index contributed by atoms with van der Waals surface area (Å²) in [5.41, 5.74) is 4.85. The van der Waals surface area contributed by atoms with Crippen LogP contribution in [0.3, 0.4) is 0 Å². The summed E-state index contributed by atoms with van der Waals surface area (Å²) < 4.78 is 6.32. The molecule has 2 heterocycles. The molecule has 39 heavy (non-hydrogen) atoms. The molecule has 3 aliphatic rings. The quantitative estimate of drug-likeness (QED) is 0.179. The fourth-order valence-corrected chi connectivity index (χ4v) is 6.53. The van der Waals surface area contributed by atoms with Crippen LogP contribution in [-0.2, 0) is 14.3 Å². The second-order valence-corrected chi connectivity index (χ2v) is 10.6. The van der Waals surface area contributed by atoms with Crippen molar-refractivity contribution >= 4 is 29.3 Å². The highest BCUT2D eigenvalue weighted by atomic mass is 16.6. The Kier molecular flexibility index (Phi) is 7.66. The van der Waals surface area contributed by atoms with E-state index in [0.717, 1.165) is 42.6 Å². The van der Waals surface area contributed by atoms with Gasteiger partial charge in [-0.2, -0.15) is 0 Å². The van der Waals surface area contributed by atoms with Crippen molar-refractivity contribution in [2.24, 2.45) is 17.8 Å². The first kappa shape index (κ1) is 26.8. The van der Waals surface area contributed by atoms with Crippen molar-refractivity contribution in [1.29, 1.82) is 0 Å². The Hall–Kier alpha value is -3.78. The molecule has 0 unspecified atom stereocenters. The van der Waals surface area contributed by atoms with Gasteiger partial charge in [-0.3, -0.25) is 19.7 Å². The SMILES string of the molecule is CCC/C(=C\c1ccc(O)cc1)CC[C@H]1OC[C@H]2C1=C(CC)C[C@H]1C(=O)N(c3cccc([N+](=O)[O-])c3)C(=O)[C@H]12. The van der Waals surface area contributed by atoms with E-state index in [1.165, 1.54) is 34.9 Å². The van der Waals surface area contributed by atoms with Crippen LogP contribution >= 0.6 is 0 Å². The number of non-ortho nitro benzene ring substituents is 1. The molecule has 0 aromatic heterocycles. The van der Waals surface area contributed by atoms with Crippen LogP contribution in [-0.4, -0.2) is 34.6 Å². The summed E-state index contributed by atoms with van der Waals surface area (Å²) in [6.07, 6.45) is 7.03. The normalized spacial score (nSPS) is 24.8. The Morgan fingerprint density at radius 1 is 1.10 bits per heavy atom. The number of hydrogen-bond donors (Lipinski definition) is 1. The van der Waals surface area contributed by atoms with Crippen LogP contribution < -0.4 is 4.90 Å². The van der Waals surface area contributed by atoms with E-state index in [0.29, 0.717) is 13.0 Å². The van der Waals surface area contributed by atoms with Crippen LogP contribution in [0.5, 0.6) is 5.75 Å². The summed E-state index contributed by atoms with van der Waals surface area (Å²) in [6, 6.07) is 12.9. The molecular formula is C31H34N2O6. The van der Waals surface area contributed by atoms with Crippen LogP contribution in [0.15, 0.2) is 65.3 Å². The summed E-state index contributed by atoms with van der Waals surface area (Å²) in [6.45, 7) is 4.64. The number of benzene rings is 2. The summed E-state index contributed by atoms with van der Waals surface area (Å²) in [7, 11) is 0. The van der Waals surface area contributed by atoms with E-state index in [2.05, 4.69) is 19.9 Å². The number of hydrogen-bond acceptors (Lipinski definition) is 6. The minimum Gasteiger partial charge on any atom is -0.508 e. The summed E-state index contributed by atoms with van der Waals surface area (Å²) in [5, 5.41) is 20.9. The van der Waals surface area contributed by atoms with Gasteiger partial charge in [0.1, 0.15) is 5.75 Å². The molecule has 0 radical (unpaired) electrons. The van der Waals surface area contributed by atoms with Gasteiger partial charge in [0, 0.05) is 18.1 Å². The molecule has 0 spiro atoms. The number of imide groups is 1. The number of nitro groups is 1. The van der Waals surface area contributed by atoms with Gasteiger partial charge in [-0.25, -0.2) is 4.90 Å². The molecule has 8 heteroatoms. The van der Waals surface area contributed by atoms with Crippen LogP contribution in [0.2, 0.25) is 0 Å². The van der Waals surface area contributed by atoms with Crippen molar-refractivity contribution in [3.05, 3.63) is 80.9 Å². The molecule has 2 saturated heterocycles. The largest absolute Gasteiger partial charge is 0.508 e. The maximum atomic E-state index is 13.7. The third-order valence-corrected chi connectivity index (χ3v) is 8.30. The molecule has 204 valence electrons. The Labute approximate surface area is 228 Å². The highest BCUT2D eigenvalue weighted by Gasteiger charge is 2.57. The maximum absolute atomic E-state index is 13.7. The number of ether oxygens (including phenoxy) is 1. The lowest BCUT2D eigenvalue weighted by Gasteiger charge is -2.31. The molecule has 2 fully saturated rings. The van der Waals surface area contributed by atoms with Crippen molar-refractivity contribution in [3.63, 3.8) is 0 Å². The van der Waals surface area contributed by atoms with Gasteiger partial charge in [0.25, 0.3) is 5.69 Å². The van der Waals surface area contributed by atoms with E-state index in [1.54, 1.807) is 18.2 Å². The number of allylic oxidation sites excluding steroid dienone is 2. The number of aromatic hydroxyl groups is 1. The monoisotopic (exact) mass is 530 g/mol. The Morgan fingerprint density at radius 2 is 1.87 bits per heavy atom. The molecule has 1 N–H and O–H groups in total. The number of fused-ring (bicyclic) bond motifs is 3. The fourth-order valence-electron chi connectivity index (χ4n) is 6.53. The number of anilines is 1. The molecule has 0 saturated carbocycles. The lowest BCUT2D eigenvalue weighted by Crippen LogP contribution is -2.34. The second-order valence-electron chi connectivity index (χ2n) is 10.6. The maximum Gasteiger partial charge on any atom is 0.271 e. The zero-order valence-corrected chi connectivity index (χ0v) is 22.3. The lowest BCUT2D eigenvalue weighted by molar-refractivity contribution is -0.384. The summed E-state index contributed by atoms with van der Waals surface area (Å²) >= 11 is 0. The summed E-state index contributed by atoms with van der Waals surface area (Å²) in [4.78, 5) is 39.1. The van der Waals surface area contributed by atoms with Crippen molar-refractivity contribution in [2.45, 2.75) is 58.5 Å². The average molecular weight is 531 g/mol. The Morgan fingerprint density at radius 3 is 2.56 bits per heavy atom. The van der Waals surface area contributed by atoms with Crippen LogP contribution in [0.4, 0.5) is 11.4 Å². The summed E-state index contributed by atoms with van der Waals surface area (Å²) in [5.74, 6) is -1.44. The third-order valence-electron chi connectivity index (χ3n) is 8.30. The van der Waals surface area contributed by atoms with Crippen LogP contribution in [0.1, 0.15) is 57.9 Å². The van der Waals surface area contributed by atoms with Gasteiger partial charge >= 0.3 is 0 Å². The zero-order chi connectivity index (χ0) is 27.7. The first-order valence-corrected chi connectivity index (χ1v) is 13.8. The Bertz CT molecular complexity index is 1350. The molecule has 2 aromatic rings. The molecule has 0 bridgehead atoms. The number of phenols is 1. The molecule has 2 aromatic carbocycles. The van der Waals surface area contributed by atoms with E-state index in [-0.39, 0.29) is 41.0 Å². The van der Waals surface area contributed by atoms with E-state index in [9.17, 15) is 24.8 Å². The third kappa shape index (κ3) is 5.13. The van der Waals surface area contributed by atoms with Crippen molar-refractivity contribution in [2.75, 3.05) is 11.5 Å². The van der Waals surface area contributed by atoms with Gasteiger partial charge in [-0.1, -0.05) is 55.7 Å². The first-order chi connectivity index (χ1) is 18.8. The molecule has 2 aliphatic heterocycles. The topological polar surface area (TPSA) is 110 Å². The van der Waals surface area contributed by atoms with Crippen molar-refractivity contribution in [1.82, 2.24) is 0 Å². The van der Waals surface area contributed by atoms with Crippen LogP contribution in [0, 0.1) is 27.9 Å². The van der Waals surface area contributed by atoms with Gasteiger partial charge in [0.15, 0.2) is 0 Å². The van der Waals surface area contributed by atoms with Gasteiger partial charge in [0.05, 0.1) is 35.2 Å². The van der Waals surface area contributed by atoms with Gasteiger partial charge in [0.2, 0.25) is 11.8 Å². The molecule has 2 amide bonds. The average Bonchev–Trinajstić information content (AvgIpc) is 3.46. The van der Waals surface area contributed by atoms with Gasteiger partial charge in [-0.15, -0.1) is 0 Å². The minimum atomic E-state index is -0.519. The Balaban J connectivity index is 1.37. The van der Waals surface area contributed by atoms with Crippen LogP contribution in [0.25, 0.3) is 6.08 Å². The zero-order valence-electron chi connectivity index (χ0n) is 22.3. The number of nitrogens with zero attached hydrogens (tertiary/aromatic N) is 2. The predicted molar refractivity (Wildman–Crippen MR) is 148 cm³/mol. The predicted octanol–water partition coefficient (Wildman–Crippen LogP) is 6.20. The smallest absolute Gasteiger partial charge is 0.271 e. The van der Waals surface area contributed by atoms with E-state index < -0.39 is 16.8 Å². The molecule has 8 nitrogen and oxygen atoms in total. The number of nitro benzene ring substituents is 1. The van der Waals surface area contributed by atoms with Crippen molar-refractivity contribution in [3.8, 4) is 5.75 Å². The van der Waals surface area contributed by atoms with Gasteiger partial charge < -0.3 is 9.84 Å². The lowest BCUT2D eigenvalue weighted by atomic mass is 9.69. The fraction of sp³-hybridized carbons (Fsp3) is 0.419. The van der Waals surface area contributed by atoms with E-state index in [4.69, 9.17) is 4.74 Å². The number of phenolic OH excluding ortho intramolecular Hbond substituents is 1. The molecular weight excluding hydrogens is 496 g/mol. The standard InChI is InChI=1S/C31H34N2O6/c1-3-6-19(15-20-9-12-24(34)13-10-20)11-14-27-28-21(4-2)16-25-29(26(28)18-39-27)31(36)32(30(25)35)22-7-5-8-23(17-22)33(37)38/h5,7-10,12-13,15,17,25-27,29,34H,3-4,6,11,14,16,18H2,1-2H3/b19-15+/t25-,26+,27-,29-/m1/s1. The van der Waals surface area contributed by atoms with E-state index in [1.807, 2.05) is 12.1 Å². The number of rotatable bonds is 9.